The third kappa shape index (κ3) is 6.10. The number of aliphatic carboxylic acids is 1. The van der Waals surface area contributed by atoms with Crippen LogP contribution in [0.15, 0.2) is 60.8 Å². The van der Waals surface area contributed by atoms with E-state index in [2.05, 4.69) is 10.6 Å². The van der Waals surface area contributed by atoms with Crippen LogP contribution < -0.4 is 15.4 Å². The fraction of sp³-hybridized carbons (Fsp3) is 0.227. The normalized spacial score (nSPS) is 10.5. The van der Waals surface area contributed by atoms with Crippen LogP contribution in [0.1, 0.15) is 12.0 Å². The molecule has 0 aliphatic carbocycles. The van der Waals surface area contributed by atoms with Gasteiger partial charge in [0, 0.05) is 30.1 Å². The first-order chi connectivity index (χ1) is 14.5. The number of nitrogens with one attached hydrogen (secondary N) is 2. The molecule has 0 radical (unpaired) electrons. The summed E-state index contributed by atoms with van der Waals surface area (Å²) in [5.41, 5.74) is 2.08. The van der Waals surface area contributed by atoms with Crippen LogP contribution in [0.2, 0.25) is 0 Å². The summed E-state index contributed by atoms with van der Waals surface area (Å²) in [7, 11) is 0. The van der Waals surface area contributed by atoms with E-state index < -0.39 is 18.4 Å². The Labute approximate surface area is 173 Å². The summed E-state index contributed by atoms with van der Waals surface area (Å²) in [5.74, 6) is -1.19. The molecular weight excluding hydrogens is 386 g/mol. The van der Waals surface area contributed by atoms with Gasteiger partial charge in [-0.05, 0) is 29.8 Å². The monoisotopic (exact) mass is 409 g/mol. The lowest BCUT2D eigenvalue weighted by atomic mass is 10.2. The Morgan fingerprint density at radius 3 is 2.47 bits per heavy atom. The number of carboxylic acid groups (broad SMARTS) is 1. The number of aromatic nitrogens is 1. The Morgan fingerprint density at radius 1 is 0.933 bits per heavy atom. The molecule has 3 aromatic rings. The van der Waals surface area contributed by atoms with Gasteiger partial charge in [0.1, 0.15) is 18.9 Å². The van der Waals surface area contributed by atoms with E-state index in [-0.39, 0.29) is 18.9 Å². The van der Waals surface area contributed by atoms with E-state index >= 15 is 0 Å². The minimum Gasteiger partial charge on any atom is -0.489 e. The standard InChI is InChI=1S/C22H23N3O5/c26-20(23-13-21(27)24-14-22(28)29)9-11-25-10-8-17-12-18(6-7-19(17)25)30-15-16-4-2-1-3-5-16/h1-8,10,12H,9,11,13-15H2,(H,23,26)(H,24,27)(H,28,29). The van der Waals surface area contributed by atoms with Crippen molar-refractivity contribution in [2.45, 2.75) is 19.6 Å². The first-order valence-corrected chi connectivity index (χ1v) is 9.52. The minimum absolute atomic E-state index is 0.197. The van der Waals surface area contributed by atoms with E-state index in [1.807, 2.05) is 65.4 Å². The fourth-order valence-corrected chi connectivity index (χ4v) is 2.93. The molecule has 0 saturated carbocycles. The molecule has 3 N–H and O–H groups in total. The van der Waals surface area contributed by atoms with Gasteiger partial charge in [0.25, 0.3) is 0 Å². The van der Waals surface area contributed by atoms with Gasteiger partial charge in [0.05, 0.1) is 6.54 Å². The first-order valence-electron chi connectivity index (χ1n) is 9.52. The van der Waals surface area contributed by atoms with Crippen LogP contribution in [-0.2, 0) is 27.5 Å². The third-order valence-electron chi connectivity index (χ3n) is 4.45. The van der Waals surface area contributed by atoms with Gasteiger partial charge in [-0.15, -0.1) is 0 Å². The number of fused-ring (bicyclic) bond motifs is 1. The molecule has 2 amide bonds. The zero-order valence-corrected chi connectivity index (χ0v) is 16.3. The molecule has 0 fully saturated rings. The van der Waals surface area contributed by atoms with Crippen molar-refractivity contribution >= 4 is 28.7 Å². The summed E-state index contributed by atoms with van der Waals surface area (Å²) in [4.78, 5) is 33.8. The van der Waals surface area contributed by atoms with Crippen LogP contribution in [-0.4, -0.2) is 40.5 Å². The Hall–Kier alpha value is -3.81. The Balaban J connectivity index is 1.49. The molecule has 2 aromatic carbocycles. The van der Waals surface area contributed by atoms with Gasteiger partial charge in [0.15, 0.2) is 0 Å². The summed E-state index contributed by atoms with van der Waals surface area (Å²) in [6.45, 7) is 0.228. The molecule has 30 heavy (non-hydrogen) atoms. The molecule has 0 bridgehead atoms. The lowest BCUT2D eigenvalue weighted by Crippen LogP contribution is -2.39. The van der Waals surface area contributed by atoms with Gasteiger partial charge >= 0.3 is 5.97 Å². The third-order valence-corrected chi connectivity index (χ3v) is 4.45. The molecule has 8 heteroatoms. The fourth-order valence-electron chi connectivity index (χ4n) is 2.93. The number of hydrogen-bond donors (Lipinski definition) is 3. The van der Waals surface area contributed by atoms with Crippen molar-refractivity contribution in [2.75, 3.05) is 13.1 Å². The molecule has 0 saturated heterocycles. The number of benzene rings is 2. The molecule has 156 valence electrons. The van der Waals surface area contributed by atoms with Crippen molar-refractivity contribution in [3.63, 3.8) is 0 Å². The van der Waals surface area contributed by atoms with Crippen LogP contribution in [0, 0.1) is 0 Å². The number of carboxylic acids is 1. The van der Waals surface area contributed by atoms with Crippen LogP contribution in [0.25, 0.3) is 10.9 Å². The maximum Gasteiger partial charge on any atom is 0.322 e. The zero-order chi connectivity index (χ0) is 21.3. The highest BCUT2D eigenvalue weighted by Gasteiger charge is 2.09. The van der Waals surface area contributed by atoms with Gasteiger partial charge in [-0.25, -0.2) is 0 Å². The zero-order valence-electron chi connectivity index (χ0n) is 16.3. The molecule has 0 unspecified atom stereocenters. The maximum atomic E-state index is 12.0. The van der Waals surface area contributed by atoms with Crippen molar-refractivity contribution in [1.82, 2.24) is 15.2 Å². The van der Waals surface area contributed by atoms with E-state index in [0.717, 1.165) is 22.2 Å². The van der Waals surface area contributed by atoms with Crippen LogP contribution in [0.5, 0.6) is 5.75 Å². The van der Waals surface area contributed by atoms with E-state index in [1.165, 1.54) is 0 Å². The van der Waals surface area contributed by atoms with E-state index in [4.69, 9.17) is 9.84 Å². The number of ether oxygens (including phenoxy) is 1. The smallest absolute Gasteiger partial charge is 0.322 e. The van der Waals surface area contributed by atoms with E-state index in [0.29, 0.717) is 13.2 Å². The average Bonchev–Trinajstić information content (AvgIpc) is 3.16. The van der Waals surface area contributed by atoms with Crippen molar-refractivity contribution in [3.8, 4) is 5.75 Å². The largest absolute Gasteiger partial charge is 0.489 e. The second kappa shape index (κ2) is 10.1. The van der Waals surface area contributed by atoms with Crippen molar-refractivity contribution in [3.05, 3.63) is 66.4 Å². The molecule has 0 aliphatic heterocycles. The summed E-state index contributed by atoms with van der Waals surface area (Å²) < 4.78 is 7.81. The minimum atomic E-state index is -1.14. The van der Waals surface area contributed by atoms with Crippen LogP contribution in [0.3, 0.4) is 0 Å². The summed E-state index contributed by atoms with van der Waals surface area (Å²) in [6.07, 6.45) is 2.10. The number of nitrogens with zero attached hydrogens (tertiary/aromatic N) is 1. The predicted molar refractivity (Wildman–Crippen MR) is 111 cm³/mol. The van der Waals surface area contributed by atoms with E-state index in [1.54, 1.807) is 0 Å². The molecule has 1 aromatic heterocycles. The van der Waals surface area contributed by atoms with Gasteiger partial charge in [-0.2, -0.15) is 0 Å². The summed E-state index contributed by atoms with van der Waals surface area (Å²) in [6, 6.07) is 17.7. The Morgan fingerprint density at radius 2 is 1.70 bits per heavy atom. The van der Waals surface area contributed by atoms with Crippen molar-refractivity contribution in [2.24, 2.45) is 0 Å². The quantitative estimate of drug-likeness (QED) is 0.474. The molecule has 1 heterocycles. The van der Waals surface area contributed by atoms with Gasteiger partial charge < -0.3 is 25.0 Å². The Bertz CT molecular complexity index is 1030. The molecule has 0 aliphatic rings. The van der Waals surface area contributed by atoms with Crippen LogP contribution in [0.4, 0.5) is 0 Å². The van der Waals surface area contributed by atoms with Gasteiger partial charge in [-0.1, -0.05) is 30.3 Å². The summed E-state index contributed by atoms with van der Waals surface area (Å²) >= 11 is 0. The van der Waals surface area contributed by atoms with Gasteiger partial charge in [-0.3, -0.25) is 14.4 Å². The number of amides is 2. The first kappa shape index (κ1) is 20.9. The van der Waals surface area contributed by atoms with Crippen molar-refractivity contribution in [1.29, 1.82) is 0 Å². The second-order valence-corrected chi connectivity index (χ2v) is 6.70. The molecule has 8 nitrogen and oxygen atoms in total. The lowest BCUT2D eigenvalue weighted by molar-refractivity contribution is -0.137. The topological polar surface area (TPSA) is 110 Å². The lowest BCUT2D eigenvalue weighted by Gasteiger charge is -2.09. The predicted octanol–water partition coefficient (Wildman–Crippen LogP) is 1.93. The number of carbonyl (C=O) groups is 3. The number of carbonyl (C=O) groups excluding carboxylic acids is 2. The second-order valence-electron chi connectivity index (χ2n) is 6.70. The van der Waals surface area contributed by atoms with Crippen molar-refractivity contribution < 1.29 is 24.2 Å². The number of aryl methyl sites for hydroxylation is 1. The highest BCUT2D eigenvalue weighted by atomic mass is 16.5. The Kier molecular flexibility index (Phi) is 7.05. The molecule has 0 spiro atoms. The highest BCUT2D eigenvalue weighted by Crippen LogP contribution is 2.23. The number of rotatable bonds is 10. The highest BCUT2D eigenvalue weighted by molar-refractivity contribution is 5.87. The van der Waals surface area contributed by atoms with Gasteiger partial charge in [0.2, 0.25) is 11.8 Å². The molecule has 3 rings (SSSR count). The number of hydrogen-bond acceptors (Lipinski definition) is 4. The van der Waals surface area contributed by atoms with E-state index in [9.17, 15) is 14.4 Å². The maximum absolute atomic E-state index is 12.0. The SMILES string of the molecule is O=C(O)CNC(=O)CNC(=O)CCn1ccc2cc(OCc3ccccc3)ccc21. The molecular formula is C22H23N3O5. The van der Waals surface area contributed by atoms with Crippen LogP contribution >= 0.6 is 0 Å². The average molecular weight is 409 g/mol. The molecule has 0 atom stereocenters. The summed E-state index contributed by atoms with van der Waals surface area (Å²) in [5, 5.41) is 14.2.